The number of nitrogens with one attached hydrogen (secondary N) is 2. The van der Waals surface area contributed by atoms with Crippen LogP contribution < -0.4 is 10.6 Å². The van der Waals surface area contributed by atoms with Gasteiger partial charge in [-0.25, -0.2) is 4.79 Å². The van der Waals surface area contributed by atoms with E-state index in [0.29, 0.717) is 0 Å². The Hall–Kier alpha value is -2.29. The van der Waals surface area contributed by atoms with Crippen LogP contribution in [0.25, 0.3) is 11.1 Å². The van der Waals surface area contributed by atoms with E-state index in [2.05, 4.69) is 34.9 Å². The normalized spacial score (nSPS) is 31.6. The van der Waals surface area contributed by atoms with E-state index in [-0.39, 0.29) is 11.6 Å². The van der Waals surface area contributed by atoms with Crippen molar-refractivity contribution in [1.82, 2.24) is 5.32 Å². The second kappa shape index (κ2) is 6.15. The summed E-state index contributed by atoms with van der Waals surface area (Å²) >= 11 is 0. The SMILES string of the molecule is O=C(Nc1ccc(-c2ccccc2)cc1)NC12CC3CC(CC(C3)C1)C2. The lowest BCUT2D eigenvalue weighted by Crippen LogP contribution is -2.60. The highest BCUT2D eigenvalue weighted by Gasteiger charge is 2.51. The molecule has 0 aliphatic heterocycles. The second-order valence-corrected chi connectivity index (χ2v) is 8.72. The maximum Gasteiger partial charge on any atom is 0.319 e. The minimum Gasteiger partial charge on any atom is -0.332 e. The van der Waals surface area contributed by atoms with Crippen molar-refractivity contribution in [2.24, 2.45) is 17.8 Å². The molecule has 3 nitrogen and oxygen atoms in total. The van der Waals surface area contributed by atoms with E-state index in [1.54, 1.807) is 0 Å². The zero-order valence-corrected chi connectivity index (χ0v) is 15.1. The molecule has 2 N–H and O–H groups in total. The summed E-state index contributed by atoms with van der Waals surface area (Å²) in [5.41, 5.74) is 3.27. The summed E-state index contributed by atoms with van der Waals surface area (Å²) in [6.45, 7) is 0. The molecule has 0 saturated heterocycles. The molecule has 0 aromatic heterocycles. The zero-order chi connectivity index (χ0) is 17.6. The molecule has 6 rings (SSSR count). The maximum absolute atomic E-state index is 12.6. The number of hydrogen-bond donors (Lipinski definition) is 2. The molecule has 4 saturated carbocycles. The highest BCUT2D eigenvalue weighted by Crippen LogP contribution is 2.55. The molecule has 26 heavy (non-hydrogen) atoms. The monoisotopic (exact) mass is 346 g/mol. The van der Waals surface area contributed by atoms with Gasteiger partial charge in [0.1, 0.15) is 0 Å². The van der Waals surface area contributed by atoms with Crippen LogP contribution in [0.3, 0.4) is 0 Å². The Bertz CT molecular complexity index is 761. The summed E-state index contributed by atoms with van der Waals surface area (Å²) in [5.74, 6) is 2.52. The first-order chi connectivity index (χ1) is 12.7. The topological polar surface area (TPSA) is 41.1 Å². The lowest BCUT2D eigenvalue weighted by Gasteiger charge is -2.56. The van der Waals surface area contributed by atoms with Crippen LogP contribution in [-0.4, -0.2) is 11.6 Å². The van der Waals surface area contributed by atoms with Crippen molar-refractivity contribution in [3.63, 3.8) is 0 Å². The van der Waals surface area contributed by atoms with Gasteiger partial charge in [-0.2, -0.15) is 0 Å². The molecule has 0 spiro atoms. The Morgan fingerprint density at radius 2 is 1.31 bits per heavy atom. The van der Waals surface area contributed by atoms with Crippen molar-refractivity contribution >= 4 is 11.7 Å². The first-order valence-corrected chi connectivity index (χ1v) is 9.92. The smallest absolute Gasteiger partial charge is 0.319 e. The van der Waals surface area contributed by atoms with E-state index in [0.717, 1.165) is 29.0 Å². The van der Waals surface area contributed by atoms with Crippen molar-refractivity contribution in [2.75, 3.05) is 5.32 Å². The largest absolute Gasteiger partial charge is 0.332 e. The minimum atomic E-state index is -0.0422. The molecule has 0 atom stereocenters. The molecule has 134 valence electrons. The van der Waals surface area contributed by atoms with Crippen molar-refractivity contribution in [3.8, 4) is 11.1 Å². The van der Waals surface area contributed by atoms with Gasteiger partial charge in [0.2, 0.25) is 0 Å². The average Bonchev–Trinajstić information content (AvgIpc) is 2.61. The maximum atomic E-state index is 12.6. The predicted octanol–water partition coefficient (Wildman–Crippen LogP) is 5.44. The van der Waals surface area contributed by atoms with Crippen molar-refractivity contribution in [1.29, 1.82) is 0 Å². The fourth-order valence-corrected chi connectivity index (χ4v) is 6.04. The number of benzene rings is 2. The van der Waals surface area contributed by atoms with Gasteiger partial charge >= 0.3 is 6.03 Å². The molecule has 0 unspecified atom stereocenters. The Labute approximate surface area is 155 Å². The van der Waals surface area contributed by atoms with Gasteiger partial charge in [-0.15, -0.1) is 0 Å². The van der Waals surface area contributed by atoms with Crippen LogP contribution >= 0.6 is 0 Å². The van der Waals surface area contributed by atoms with Crippen LogP contribution in [0.4, 0.5) is 10.5 Å². The van der Waals surface area contributed by atoms with Gasteiger partial charge in [0, 0.05) is 11.2 Å². The average molecular weight is 346 g/mol. The van der Waals surface area contributed by atoms with Crippen LogP contribution in [0.15, 0.2) is 54.6 Å². The van der Waals surface area contributed by atoms with E-state index in [1.807, 2.05) is 30.3 Å². The first-order valence-electron chi connectivity index (χ1n) is 9.92. The third-order valence-corrected chi connectivity index (χ3v) is 6.67. The molecule has 4 aliphatic rings. The Kier molecular flexibility index (Phi) is 3.77. The minimum absolute atomic E-state index is 0.0422. The van der Waals surface area contributed by atoms with E-state index in [1.165, 1.54) is 44.1 Å². The third kappa shape index (κ3) is 3.00. The van der Waals surface area contributed by atoms with Crippen molar-refractivity contribution in [2.45, 2.75) is 44.1 Å². The van der Waals surface area contributed by atoms with Crippen LogP contribution in [0.5, 0.6) is 0 Å². The van der Waals surface area contributed by atoms with E-state index in [9.17, 15) is 4.79 Å². The van der Waals surface area contributed by atoms with Crippen LogP contribution in [0.1, 0.15) is 38.5 Å². The summed E-state index contributed by atoms with van der Waals surface area (Å²) in [7, 11) is 0. The first kappa shape index (κ1) is 15.9. The molecule has 3 heteroatoms. The standard InChI is InChI=1S/C23H26N2O/c26-22(25-23-13-16-10-17(14-23)12-18(11-16)15-23)24-21-8-6-20(7-9-21)19-4-2-1-3-5-19/h1-9,16-18H,10-15H2,(H2,24,25,26). The summed E-state index contributed by atoms with van der Waals surface area (Å²) in [4.78, 5) is 12.6. The number of hydrogen-bond acceptors (Lipinski definition) is 1. The lowest BCUT2D eigenvalue weighted by molar-refractivity contribution is -0.0127. The van der Waals surface area contributed by atoms with E-state index < -0.39 is 0 Å². The molecule has 2 amide bonds. The Morgan fingerprint density at radius 1 is 0.769 bits per heavy atom. The molecule has 4 fully saturated rings. The molecule has 2 aromatic carbocycles. The molecular weight excluding hydrogens is 320 g/mol. The van der Waals surface area contributed by atoms with Gasteiger partial charge in [0.05, 0.1) is 0 Å². The predicted molar refractivity (Wildman–Crippen MR) is 105 cm³/mol. The zero-order valence-electron chi connectivity index (χ0n) is 15.1. The summed E-state index contributed by atoms with van der Waals surface area (Å²) in [6, 6.07) is 18.4. The fourth-order valence-electron chi connectivity index (χ4n) is 6.04. The van der Waals surface area contributed by atoms with Gasteiger partial charge < -0.3 is 10.6 Å². The third-order valence-electron chi connectivity index (χ3n) is 6.67. The van der Waals surface area contributed by atoms with Gasteiger partial charge in [-0.3, -0.25) is 0 Å². The highest BCUT2D eigenvalue weighted by molar-refractivity contribution is 5.90. The van der Waals surface area contributed by atoms with Gasteiger partial charge in [-0.05, 0) is 79.5 Å². The number of urea groups is 1. The molecule has 4 bridgehead atoms. The Balaban J connectivity index is 1.25. The number of carbonyl (C=O) groups is 1. The Morgan fingerprint density at radius 3 is 1.88 bits per heavy atom. The van der Waals surface area contributed by atoms with E-state index >= 15 is 0 Å². The van der Waals surface area contributed by atoms with Gasteiger partial charge in [-0.1, -0.05) is 42.5 Å². The molecule has 0 heterocycles. The summed E-state index contributed by atoms with van der Waals surface area (Å²) in [5, 5.41) is 6.41. The van der Waals surface area contributed by atoms with Crippen LogP contribution in [-0.2, 0) is 0 Å². The summed E-state index contributed by atoms with van der Waals surface area (Å²) in [6.07, 6.45) is 7.72. The second-order valence-electron chi connectivity index (χ2n) is 8.72. The molecular formula is C23H26N2O. The highest BCUT2D eigenvalue weighted by atomic mass is 16.2. The number of anilines is 1. The van der Waals surface area contributed by atoms with E-state index in [4.69, 9.17) is 0 Å². The number of carbonyl (C=O) groups excluding carboxylic acids is 1. The summed E-state index contributed by atoms with van der Waals surface area (Å²) < 4.78 is 0. The number of amides is 2. The van der Waals surface area contributed by atoms with Crippen LogP contribution in [0.2, 0.25) is 0 Å². The van der Waals surface area contributed by atoms with Crippen molar-refractivity contribution in [3.05, 3.63) is 54.6 Å². The van der Waals surface area contributed by atoms with Crippen LogP contribution in [0, 0.1) is 17.8 Å². The van der Waals surface area contributed by atoms with Crippen molar-refractivity contribution < 1.29 is 4.79 Å². The molecule has 0 radical (unpaired) electrons. The quantitative estimate of drug-likeness (QED) is 0.763. The fraction of sp³-hybridized carbons (Fsp3) is 0.435. The molecule has 4 aliphatic carbocycles. The van der Waals surface area contributed by atoms with Gasteiger partial charge in [0.15, 0.2) is 0 Å². The number of rotatable bonds is 3. The lowest BCUT2D eigenvalue weighted by atomic mass is 9.53. The molecule has 2 aromatic rings. The van der Waals surface area contributed by atoms with Gasteiger partial charge in [0.25, 0.3) is 0 Å².